The van der Waals surface area contributed by atoms with Gasteiger partial charge in [-0.25, -0.2) is 4.39 Å². The van der Waals surface area contributed by atoms with E-state index in [0.717, 1.165) is 5.56 Å². The number of nitro groups is 1. The van der Waals surface area contributed by atoms with Gasteiger partial charge in [-0.05, 0) is 64.3 Å². The van der Waals surface area contributed by atoms with Crippen molar-refractivity contribution in [2.45, 2.75) is 37.1 Å². The van der Waals surface area contributed by atoms with Gasteiger partial charge in [0.05, 0.1) is 17.5 Å². The molecular formula is C26H23BrFN3O5. The number of carbonyl (C=O) groups is 1. The van der Waals surface area contributed by atoms with E-state index in [1.165, 1.54) is 19.2 Å². The Balaban J connectivity index is 1.53. The van der Waals surface area contributed by atoms with Gasteiger partial charge in [0.15, 0.2) is 17.0 Å². The summed E-state index contributed by atoms with van der Waals surface area (Å²) in [4.78, 5) is 25.4. The Labute approximate surface area is 215 Å². The SMILES string of the molecule is COc1cc([C@@H]2[C@H](C)N[C@]3(C(=O)Nc4ccccc43)[C@H]2[N+](=O)[O-])cc(Br)c1OCc1ccc(F)cc1. The number of nitrogens with one attached hydrogen (secondary N) is 2. The van der Waals surface area contributed by atoms with Gasteiger partial charge < -0.3 is 14.8 Å². The number of carbonyl (C=O) groups excluding carboxylic acids is 1. The maximum absolute atomic E-state index is 13.2. The first-order valence-electron chi connectivity index (χ1n) is 11.3. The Morgan fingerprint density at radius 3 is 2.58 bits per heavy atom. The topological polar surface area (TPSA) is 103 Å². The van der Waals surface area contributed by atoms with E-state index in [0.29, 0.717) is 32.8 Å². The van der Waals surface area contributed by atoms with Crippen LogP contribution in [0.1, 0.15) is 29.5 Å². The molecule has 0 aromatic heterocycles. The van der Waals surface area contributed by atoms with Crippen LogP contribution >= 0.6 is 15.9 Å². The molecule has 3 aromatic carbocycles. The molecule has 8 nitrogen and oxygen atoms in total. The van der Waals surface area contributed by atoms with Crippen molar-refractivity contribution in [3.05, 3.63) is 97.8 Å². The number of amides is 1. The van der Waals surface area contributed by atoms with Crippen molar-refractivity contribution in [2.75, 3.05) is 12.4 Å². The molecule has 2 aliphatic heterocycles. The lowest BCUT2D eigenvalue weighted by atomic mass is 9.78. The molecule has 4 atom stereocenters. The van der Waals surface area contributed by atoms with Crippen LogP contribution in [0.25, 0.3) is 0 Å². The van der Waals surface area contributed by atoms with Crippen molar-refractivity contribution in [1.29, 1.82) is 0 Å². The largest absolute Gasteiger partial charge is 0.493 e. The normalized spacial score (nSPS) is 24.4. The molecule has 0 aliphatic carbocycles. The van der Waals surface area contributed by atoms with E-state index < -0.39 is 29.4 Å². The van der Waals surface area contributed by atoms with Crippen LogP contribution in [-0.2, 0) is 16.9 Å². The summed E-state index contributed by atoms with van der Waals surface area (Å²) in [6.07, 6.45) is 0. The predicted molar refractivity (Wildman–Crippen MR) is 134 cm³/mol. The molecule has 186 valence electrons. The van der Waals surface area contributed by atoms with Crippen LogP contribution in [0.15, 0.2) is 65.1 Å². The lowest BCUT2D eigenvalue weighted by Gasteiger charge is -2.25. The van der Waals surface area contributed by atoms with Crippen LogP contribution in [0.5, 0.6) is 11.5 Å². The highest BCUT2D eigenvalue weighted by molar-refractivity contribution is 9.10. The first-order chi connectivity index (χ1) is 17.3. The fourth-order valence-corrected chi connectivity index (χ4v) is 5.94. The van der Waals surface area contributed by atoms with Gasteiger partial charge in [-0.1, -0.05) is 30.3 Å². The molecule has 1 saturated heterocycles. The second-order valence-electron chi connectivity index (χ2n) is 8.95. The highest BCUT2D eigenvalue weighted by Crippen LogP contribution is 2.51. The second kappa shape index (κ2) is 9.18. The van der Waals surface area contributed by atoms with Gasteiger partial charge in [-0.2, -0.15) is 0 Å². The maximum atomic E-state index is 13.2. The number of fused-ring (bicyclic) bond motifs is 2. The van der Waals surface area contributed by atoms with Gasteiger partial charge in [-0.3, -0.25) is 20.2 Å². The average Bonchev–Trinajstić information content (AvgIpc) is 3.32. The molecule has 1 spiro atoms. The minimum absolute atomic E-state index is 0.174. The summed E-state index contributed by atoms with van der Waals surface area (Å²) >= 11 is 3.53. The fraction of sp³-hybridized carbons (Fsp3) is 0.269. The minimum atomic E-state index is -1.50. The average molecular weight is 556 g/mol. The monoisotopic (exact) mass is 555 g/mol. The molecule has 0 bridgehead atoms. The van der Waals surface area contributed by atoms with Crippen molar-refractivity contribution >= 4 is 27.5 Å². The van der Waals surface area contributed by atoms with E-state index in [9.17, 15) is 19.3 Å². The molecule has 10 heteroatoms. The van der Waals surface area contributed by atoms with Crippen molar-refractivity contribution in [3.63, 3.8) is 0 Å². The first-order valence-corrected chi connectivity index (χ1v) is 12.1. The number of halogens is 2. The number of nitrogens with zero attached hydrogens (tertiary/aromatic N) is 1. The Morgan fingerprint density at radius 2 is 1.89 bits per heavy atom. The Morgan fingerprint density at radius 1 is 1.17 bits per heavy atom. The van der Waals surface area contributed by atoms with Crippen molar-refractivity contribution < 1.29 is 23.6 Å². The van der Waals surface area contributed by atoms with Crippen molar-refractivity contribution in [2.24, 2.45) is 0 Å². The standard InChI is InChI=1S/C26H23BrFN3O5/c1-14-22(24(31(33)34)26(30-14)18-5-3-4-6-20(18)29-25(26)32)16-11-19(27)23(21(12-16)35-2)36-13-15-7-9-17(28)10-8-15/h3-12,14,22,24,30H,13H2,1-2H3,(H,29,32)/t14-,22-,24-,26-/m0/s1. The van der Waals surface area contributed by atoms with Crippen LogP contribution in [0.2, 0.25) is 0 Å². The molecule has 2 N–H and O–H groups in total. The Hall–Kier alpha value is -3.50. The summed E-state index contributed by atoms with van der Waals surface area (Å²) in [6.45, 7) is 2.01. The zero-order chi connectivity index (χ0) is 25.6. The molecule has 0 unspecified atom stereocenters. The van der Waals surface area contributed by atoms with Gasteiger partial charge in [0.2, 0.25) is 0 Å². The predicted octanol–water partition coefficient (Wildman–Crippen LogP) is 4.74. The van der Waals surface area contributed by atoms with Gasteiger partial charge in [-0.15, -0.1) is 0 Å². The third-order valence-electron chi connectivity index (χ3n) is 6.90. The van der Waals surface area contributed by atoms with Crippen LogP contribution in [0.4, 0.5) is 10.1 Å². The number of methoxy groups -OCH3 is 1. The number of hydrogen-bond donors (Lipinski definition) is 2. The van der Waals surface area contributed by atoms with Crippen LogP contribution in [-0.4, -0.2) is 30.0 Å². The molecule has 2 aliphatic rings. The maximum Gasteiger partial charge on any atom is 0.256 e. The zero-order valence-electron chi connectivity index (χ0n) is 19.5. The van der Waals surface area contributed by atoms with E-state index in [4.69, 9.17) is 9.47 Å². The summed E-state index contributed by atoms with van der Waals surface area (Å²) in [5.74, 6) is -0.621. The van der Waals surface area contributed by atoms with E-state index in [1.54, 1.807) is 48.5 Å². The van der Waals surface area contributed by atoms with Gasteiger partial charge in [0.25, 0.3) is 11.9 Å². The fourth-order valence-electron chi connectivity index (χ4n) is 5.36. The zero-order valence-corrected chi connectivity index (χ0v) is 21.0. The Bertz CT molecular complexity index is 1350. The highest BCUT2D eigenvalue weighted by atomic mass is 79.9. The molecule has 0 radical (unpaired) electrons. The number of ether oxygens (including phenoxy) is 2. The van der Waals surface area contributed by atoms with Gasteiger partial charge >= 0.3 is 0 Å². The van der Waals surface area contributed by atoms with Crippen molar-refractivity contribution in [3.8, 4) is 11.5 Å². The van der Waals surface area contributed by atoms with Gasteiger partial charge in [0.1, 0.15) is 12.4 Å². The highest BCUT2D eigenvalue weighted by Gasteiger charge is 2.67. The van der Waals surface area contributed by atoms with E-state index in [2.05, 4.69) is 26.6 Å². The van der Waals surface area contributed by atoms with Crippen molar-refractivity contribution in [1.82, 2.24) is 5.32 Å². The molecule has 36 heavy (non-hydrogen) atoms. The number of hydrogen-bond acceptors (Lipinski definition) is 6. The summed E-state index contributed by atoms with van der Waals surface area (Å²) < 4.78 is 25.3. The molecule has 5 rings (SSSR count). The molecule has 1 amide bonds. The number of para-hydroxylation sites is 1. The smallest absolute Gasteiger partial charge is 0.256 e. The number of benzene rings is 3. The summed E-state index contributed by atoms with van der Waals surface area (Å²) in [5.41, 5.74) is 1.03. The van der Waals surface area contributed by atoms with Crippen LogP contribution in [0, 0.1) is 15.9 Å². The summed E-state index contributed by atoms with van der Waals surface area (Å²) in [7, 11) is 1.49. The van der Waals surface area contributed by atoms with E-state index >= 15 is 0 Å². The molecule has 2 heterocycles. The lowest BCUT2D eigenvalue weighted by molar-refractivity contribution is -0.532. The van der Waals surface area contributed by atoms with E-state index in [-0.39, 0.29) is 17.3 Å². The third kappa shape index (κ3) is 3.81. The van der Waals surface area contributed by atoms with Crippen LogP contribution < -0.4 is 20.1 Å². The summed E-state index contributed by atoms with van der Waals surface area (Å²) in [5, 5.41) is 18.6. The molecule has 3 aromatic rings. The van der Waals surface area contributed by atoms with Crippen LogP contribution in [0.3, 0.4) is 0 Å². The quantitative estimate of drug-likeness (QED) is 0.336. The molecule has 1 fully saturated rings. The second-order valence-corrected chi connectivity index (χ2v) is 9.80. The summed E-state index contributed by atoms with van der Waals surface area (Å²) in [6, 6.07) is 14.8. The third-order valence-corrected chi connectivity index (χ3v) is 7.49. The minimum Gasteiger partial charge on any atom is -0.493 e. The lowest BCUT2D eigenvalue weighted by Crippen LogP contribution is -2.54. The van der Waals surface area contributed by atoms with Gasteiger partial charge in [0, 0.05) is 22.2 Å². The molecular weight excluding hydrogens is 533 g/mol. The van der Waals surface area contributed by atoms with E-state index in [1.807, 2.05) is 6.92 Å². The molecule has 0 saturated carbocycles. The Kier molecular flexibility index (Phi) is 6.17. The number of rotatable bonds is 6. The first kappa shape index (κ1) is 24.2. The number of anilines is 1.